The van der Waals surface area contributed by atoms with E-state index in [9.17, 15) is 19.5 Å². The molecule has 2 amide bonds. The Balaban J connectivity index is 1.90. The van der Waals surface area contributed by atoms with Gasteiger partial charge in [-0.15, -0.1) is 0 Å². The molecule has 0 bridgehead atoms. The van der Waals surface area contributed by atoms with Gasteiger partial charge in [-0.25, -0.2) is 4.79 Å². The van der Waals surface area contributed by atoms with Gasteiger partial charge in [0.15, 0.2) is 0 Å². The molecule has 2 aromatic carbocycles. The van der Waals surface area contributed by atoms with Gasteiger partial charge in [0.1, 0.15) is 11.7 Å². The highest BCUT2D eigenvalue weighted by molar-refractivity contribution is 6.06. The SMILES string of the molecule is O=C(N/C(=C/c1ccccc1)C(=O)N1CCCC1C(=O)O)c1ccccc1. The number of carbonyl (C=O) groups is 3. The van der Waals surface area contributed by atoms with Gasteiger partial charge in [0, 0.05) is 12.1 Å². The normalized spacial score (nSPS) is 16.8. The highest BCUT2D eigenvalue weighted by Crippen LogP contribution is 2.20. The molecule has 2 aromatic rings. The molecule has 0 spiro atoms. The van der Waals surface area contributed by atoms with Crippen molar-refractivity contribution in [2.45, 2.75) is 18.9 Å². The minimum Gasteiger partial charge on any atom is -0.480 e. The summed E-state index contributed by atoms with van der Waals surface area (Å²) in [6, 6.07) is 16.8. The monoisotopic (exact) mass is 364 g/mol. The van der Waals surface area contributed by atoms with E-state index >= 15 is 0 Å². The van der Waals surface area contributed by atoms with Crippen molar-refractivity contribution in [1.29, 1.82) is 0 Å². The van der Waals surface area contributed by atoms with Crippen LogP contribution >= 0.6 is 0 Å². The Hall–Kier alpha value is -3.41. The predicted octanol–water partition coefficient (Wildman–Crippen LogP) is 2.53. The van der Waals surface area contributed by atoms with Crippen LogP contribution in [0.25, 0.3) is 6.08 Å². The molecule has 6 heteroatoms. The summed E-state index contributed by atoms with van der Waals surface area (Å²) in [6.07, 6.45) is 2.60. The average molecular weight is 364 g/mol. The summed E-state index contributed by atoms with van der Waals surface area (Å²) in [5.41, 5.74) is 1.21. The van der Waals surface area contributed by atoms with Crippen LogP contribution in [0, 0.1) is 0 Å². The standard InChI is InChI=1S/C21H20N2O4/c24-19(16-10-5-2-6-11-16)22-17(14-15-8-3-1-4-9-15)20(25)23-13-7-12-18(23)21(26)27/h1-6,8-11,14,18H,7,12-13H2,(H,22,24)(H,26,27)/b17-14+. The second kappa shape index (κ2) is 8.31. The quantitative estimate of drug-likeness (QED) is 0.798. The van der Waals surface area contributed by atoms with Gasteiger partial charge in [0.2, 0.25) is 0 Å². The minimum atomic E-state index is -1.03. The van der Waals surface area contributed by atoms with Crippen LogP contribution in [-0.4, -0.2) is 40.4 Å². The van der Waals surface area contributed by atoms with Crippen LogP contribution in [0.3, 0.4) is 0 Å². The molecule has 138 valence electrons. The Bertz CT molecular complexity index is 862. The van der Waals surface area contributed by atoms with Crippen LogP contribution in [0.5, 0.6) is 0 Å². The van der Waals surface area contributed by atoms with Gasteiger partial charge in [0.05, 0.1) is 0 Å². The van der Waals surface area contributed by atoms with Crippen molar-refractivity contribution >= 4 is 23.9 Å². The van der Waals surface area contributed by atoms with Crippen molar-refractivity contribution in [3.05, 3.63) is 77.5 Å². The molecule has 1 heterocycles. The number of carboxylic acids is 1. The number of amides is 2. The number of hydrogen-bond acceptors (Lipinski definition) is 3. The molecular weight excluding hydrogens is 344 g/mol. The van der Waals surface area contributed by atoms with Crippen molar-refractivity contribution in [3.63, 3.8) is 0 Å². The zero-order valence-electron chi connectivity index (χ0n) is 14.7. The zero-order valence-corrected chi connectivity index (χ0v) is 14.7. The lowest BCUT2D eigenvalue weighted by Gasteiger charge is -2.23. The number of aliphatic carboxylic acids is 1. The predicted molar refractivity (Wildman–Crippen MR) is 101 cm³/mol. The third kappa shape index (κ3) is 4.41. The molecule has 1 aliphatic heterocycles. The number of hydrogen-bond donors (Lipinski definition) is 2. The van der Waals surface area contributed by atoms with Crippen molar-refractivity contribution in [3.8, 4) is 0 Å². The maximum Gasteiger partial charge on any atom is 0.326 e. The highest BCUT2D eigenvalue weighted by atomic mass is 16.4. The van der Waals surface area contributed by atoms with Crippen molar-refractivity contribution in [1.82, 2.24) is 10.2 Å². The molecule has 0 saturated carbocycles. The fourth-order valence-corrected chi connectivity index (χ4v) is 3.07. The molecule has 1 atom stereocenters. The summed E-state index contributed by atoms with van der Waals surface area (Å²) in [7, 11) is 0. The maximum atomic E-state index is 13.0. The second-order valence-corrected chi connectivity index (χ2v) is 6.28. The number of likely N-dealkylation sites (tertiary alicyclic amines) is 1. The third-order valence-corrected chi connectivity index (χ3v) is 4.42. The van der Waals surface area contributed by atoms with Gasteiger partial charge in [-0.3, -0.25) is 9.59 Å². The molecule has 1 saturated heterocycles. The lowest BCUT2D eigenvalue weighted by Crippen LogP contribution is -2.44. The Labute approximate surface area is 157 Å². The smallest absolute Gasteiger partial charge is 0.326 e. The van der Waals surface area contributed by atoms with E-state index in [1.807, 2.05) is 18.2 Å². The van der Waals surface area contributed by atoms with Crippen molar-refractivity contribution in [2.75, 3.05) is 6.54 Å². The zero-order chi connectivity index (χ0) is 19.2. The van der Waals surface area contributed by atoms with E-state index in [4.69, 9.17) is 0 Å². The van der Waals surface area contributed by atoms with Crippen LogP contribution in [0.2, 0.25) is 0 Å². The molecule has 0 aliphatic carbocycles. The van der Waals surface area contributed by atoms with Gasteiger partial charge in [-0.1, -0.05) is 48.5 Å². The molecule has 27 heavy (non-hydrogen) atoms. The highest BCUT2D eigenvalue weighted by Gasteiger charge is 2.35. The average Bonchev–Trinajstić information content (AvgIpc) is 3.18. The third-order valence-electron chi connectivity index (χ3n) is 4.42. The first-order valence-electron chi connectivity index (χ1n) is 8.73. The van der Waals surface area contributed by atoms with E-state index in [1.54, 1.807) is 48.5 Å². The first-order chi connectivity index (χ1) is 13.1. The van der Waals surface area contributed by atoms with Crippen molar-refractivity contribution in [2.24, 2.45) is 0 Å². The fraction of sp³-hybridized carbons (Fsp3) is 0.190. The fourth-order valence-electron chi connectivity index (χ4n) is 3.07. The summed E-state index contributed by atoms with van der Waals surface area (Å²) < 4.78 is 0. The van der Waals surface area contributed by atoms with Crippen molar-refractivity contribution < 1.29 is 19.5 Å². The van der Waals surface area contributed by atoms with Gasteiger partial charge in [-0.2, -0.15) is 0 Å². The largest absolute Gasteiger partial charge is 0.480 e. The summed E-state index contributed by atoms with van der Waals surface area (Å²) >= 11 is 0. The maximum absolute atomic E-state index is 13.0. The van der Waals surface area contributed by atoms with Crippen LogP contribution in [0.4, 0.5) is 0 Å². The van der Waals surface area contributed by atoms with E-state index in [0.717, 1.165) is 5.56 Å². The summed E-state index contributed by atoms with van der Waals surface area (Å²) in [4.78, 5) is 38.3. The van der Waals surface area contributed by atoms with E-state index in [-0.39, 0.29) is 5.70 Å². The molecule has 1 aliphatic rings. The van der Waals surface area contributed by atoms with Crippen LogP contribution < -0.4 is 5.32 Å². The Morgan fingerprint density at radius 1 is 1.00 bits per heavy atom. The van der Waals surface area contributed by atoms with E-state index < -0.39 is 23.8 Å². The Kier molecular flexibility index (Phi) is 5.66. The minimum absolute atomic E-state index is 0.0585. The second-order valence-electron chi connectivity index (χ2n) is 6.28. The first-order valence-corrected chi connectivity index (χ1v) is 8.73. The number of rotatable bonds is 5. The van der Waals surface area contributed by atoms with E-state index in [1.165, 1.54) is 4.90 Å². The van der Waals surface area contributed by atoms with Gasteiger partial charge in [0.25, 0.3) is 11.8 Å². The first kappa shape index (κ1) is 18.4. The van der Waals surface area contributed by atoms with Crippen LogP contribution in [0.1, 0.15) is 28.8 Å². The Morgan fingerprint density at radius 2 is 1.63 bits per heavy atom. The number of benzene rings is 2. The van der Waals surface area contributed by atoms with E-state index in [2.05, 4.69) is 5.32 Å². The molecular formula is C21H20N2O4. The van der Waals surface area contributed by atoms with E-state index in [0.29, 0.717) is 24.9 Å². The van der Waals surface area contributed by atoms with Gasteiger partial charge >= 0.3 is 5.97 Å². The van der Waals surface area contributed by atoms with Crippen LogP contribution in [-0.2, 0) is 9.59 Å². The lowest BCUT2D eigenvalue weighted by molar-refractivity contribution is -0.146. The molecule has 0 aromatic heterocycles. The number of carbonyl (C=O) groups excluding carboxylic acids is 2. The molecule has 1 fully saturated rings. The molecule has 1 unspecified atom stereocenters. The number of carboxylic acid groups (broad SMARTS) is 1. The topological polar surface area (TPSA) is 86.7 Å². The summed E-state index contributed by atoms with van der Waals surface area (Å²) in [6.45, 7) is 0.350. The molecule has 2 N–H and O–H groups in total. The lowest BCUT2D eigenvalue weighted by atomic mass is 10.1. The molecule has 0 radical (unpaired) electrons. The van der Waals surface area contributed by atoms with Crippen LogP contribution in [0.15, 0.2) is 66.4 Å². The molecule has 6 nitrogen and oxygen atoms in total. The number of nitrogens with one attached hydrogen (secondary N) is 1. The van der Waals surface area contributed by atoms with Gasteiger partial charge < -0.3 is 15.3 Å². The van der Waals surface area contributed by atoms with Gasteiger partial charge in [-0.05, 0) is 36.6 Å². The summed E-state index contributed by atoms with van der Waals surface area (Å²) in [5, 5.41) is 12.0. The summed E-state index contributed by atoms with van der Waals surface area (Å²) in [5.74, 6) is -1.94. The molecule has 3 rings (SSSR count). The Morgan fingerprint density at radius 3 is 2.26 bits per heavy atom. The number of nitrogens with zero attached hydrogens (tertiary/aromatic N) is 1.